The van der Waals surface area contributed by atoms with Gasteiger partial charge in [-0.05, 0) is 66.3 Å². The lowest BCUT2D eigenvalue weighted by Crippen LogP contribution is -2.28. The van der Waals surface area contributed by atoms with Crippen LogP contribution < -0.4 is 0 Å². The van der Waals surface area contributed by atoms with Crippen LogP contribution in [-0.2, 0) is 0 Å². The Morgan fingerprint density at radius 1 is 1.31 bits per heavy atom. The first-order valence-electron chi connectivity index (χ1n) is 6.86. The van der Waals surface area contributed by atoms with Crippen molar-refractivity contribution in [1.82, 2.24) is 0 Å². The number of rotatable bonds is 0. The highest BCUT2D eigenvalue weighted by Gasteiger charge is 2.64. The Morgan fingerprint density at radius 3 is 2.75 bits per heavy atom. The number of aliphatic hydroxyl groups is 1. The molecule has 0 aromatic rings. The molecule has 1 spiro atoms. The number of allylic oxidation sites excluding steroid dienone is 1. The third kappa shape index (κ3) is 1.03. The molecule has 2 bridgehead atoms. The maximum atomic E-state index is 9.49. The van der Waals surface area contributed by atoms with E-state index >= 15 is 0 Å². The summed E-state index contributed by atoms with van der Waals surface area (Å²) in [5.74, 6) is 2.58. The standard InChI is InChI=1S/C15H24O/c1-10-6-7-15-8-12(10)14(2,3)13(15)5-4-11(15)9-16/h9-10,12-13,16H,4-8H2,1-3H3/b11-9-/t10-,12+,13+,15-/m1/s1. The molecule has 0 aromatic carbocycles. The number of hydrogen-bond acceptors (Lipinski definition) is 1. The normalized spacial score (nSPS) is 51.9. The molecule has 3 fully saturated rings. The summed E-state index contributed by atoms with van der Waals surface area (Å²) in [7, 11) is 0. The lowest BCUT2D eigenvalue weighted by atomic mass is 9.68. The molecule has 3 rings (SSSR count). The van der Waals surface area contributed by atoms with E-state index in [4.69, 9.17) is 0 Å². The SMILES string of the molecule is C[C@@H]1CC[C@]23C[C@@H]1C(C)(C)[C@@H]2CC/C3=C/O. The largest absolute Gasteiger partial charge is 0.516 e. The van der Waals surface area contributed by atoms with Crippen LogP contribution in [-0.4, -0.2) is 5.11 Å². The van der Waals surface area contributed by atoms with Crippen LogP contribution in [0.3, 0.4) is 0 Å². The highest BCUT2D eigenvalue weighted by Crippen LogP contribution is 2.72. The van der Waals surface area contributed by atoms with E-state index in [1.165, 1.54) is 37.5 Å². The van der Waals surface area contributed by atoms with Crippen LogP contribution in [0.15, 0.2) is 11.8 Å². The van der Waals surface area contributed by atoms with Gasteiger partial charge in [0.15, 0.2) is 0 Å². The monoisotopic (exact) mass is 220 g/mol. The van der Waals surface area contributed by atoms with Crippen LogP contribution in [0.5, 0.6) is 0 Å². The van der Waals surface area contributed by atoms with Gasteiger partial charge in [0.25, 0.3) is 0 Å². The zero-order chi connectivity index (χ0) is 11.6. The Morgan fingerprint density at radius 2 is 2.06 bits per heavy atom. The van der Waals surface area contributed by atoms with E-state index in [-0.39, 0.29) is 0 Å². The second-order valence-corrected chi connectivity index (χ2v) is 7.05. The molecule has 0 aromatic heterocycles. The van der Waals surface area contributed by atoms with Gasteiger partial charge in [0.2, 0.25) is 0 Å². The maximum Gasteiger partial charge on any atom is 0.0789 e. The molecule has 0 saturated heterocycles. The number of fused-ring (bicyclic) bond motifs is 1. The van der Waals surface area contributed by atoms with Gasteiger partial charge >= 0.3 is 0 Å². The van der Waals surface area contributed by atoms with Gasteiger partial charge in [0.05, 0.1) is 6.26 Å². The van der Waals surface area contributed by atoms with Crippen molar-refractivity contribution in [3.05, 3.63) is 11.8 Å². The minimum absolute atomic E-state index is 0.398. The summed E-state index contributed by atoms with van der Waals surface area (Å²) >= 11 is 0. The topological polar surface area (TPSA) is 20.2 Å². The second-order valence-electron chi connectivity index (χ2n) is 7.05. The van der Waals surface area contributed by atoms with Crippen molar-refractivity contribution in [2.24, 2.45) is 28.6 Å². The Kier molecular flexibility index (Phi) is 2.04. The van der Waals surface area contributed by atoms with Gasteiger partial charge in [-0.1, -0.05) is 20.8 Å². The average molecular weight is 220 g/mol. The van der Waals surface area contributed by atoms with E-state index in [0.717, 1.165) is 24.2 Å². The summed E-state index contributed by atoms with van der Waals surface area (Å²) in [6.45, 7) is 7.39. The molecule has 4 atom stereocenters. The van der Waals surface area contributed by atoms with Crippen molar-refractivity contribution in [1.29, 1.82) is 0 Å². The molecule has 1 nitrogen and oxygen atoms in total. The van der Waals surface area contributed by atoms with Crippen molar-refractivity contribution in [2.45, 2.75) is 52.9 Å². The lowest BCUT2D eigenvalue weighted by Gasteiger charge is -2.37. The van der Waals surface area contributed by atoms with E-state index in [1.54, 1.807) is 0 Å². The Bertz CT molecular complexity index is 341. The van der Waals surface area contributed by atoms with Gasteiger partial charge in [-0.25, -0.2) is 0 Å². The fourth-order valence-corrected chi connectivity index (χ4v) is 5.57. The first-order valence-corrected chi connectivity index (χ1v) is 6.86. The van der Waals surface area contributed by atoms with Crippen molar-refractivity contribution in [2.75, 3.05) is 0 Å². The summed E-state index contributed by atoms with van der Waals surface area (Å²) in [4.78, 5) is 0. The van der Waals surface area contributed by atoms with E-state index in [1.807, 2.05) is 0 Å². The van der Waals surface area contributed by atoms with Gasteiger partial charge < -0.3 is 5.11 Å². The zero-order valence-corrected chi connectivity index (χ0v) is 10.8. The molecule has 0 unspecified atom stereocenters. The van der Waals surface area contributed by atoms with Crippen LogP contribution in [0, 0.1) is 28.6 Å². The molecular weight excluding hydrogens is 196 g/mol. The van der Waals surface area contributed by atoms with Gasteiger partial charge in [-0.2, -0.15) is 0 Å². The molecule has 0 amide bonds. The van der Waals surface area contributed by atoms with Crippen LogP contribution in [0.2, 0.25) is 0 Å². The Balaban J connectivity index is 2.08. The molecule has 3 aliphatic carbocycles. The smallest absolute Gasteiger partial charge is 0.0789 e. The Labute approximate surface area is 98.9 Å². The van der Waals surface area contributed by atoms with Gasteiger partial charge in [0, 0.05) is 0 Å². The molecule has 1 N–H and O–H groups in total. The minimum Gasteiger partial charge on any atom is -0.516 e. The molecule has 0 heterocycles. The van der Waals surface area contributed by atoms with Crippen molar-refractivity contribution in [3.63, 3.8) is 0 Å². The van der Waals surface area contributed by atoms with Crippen LogP contribution >= 0.6 is 0 Å². The van der Waals surface area contributed by atoms with E-state index in [9.17, 15) is 5.11 Å². The van der Waals surface area contributed by atoms with Crippen LogP contribution in [0.4, 0.5) is 0 Å². The fraction of sp³-hybridized carbons (Fsp3) is 0.867. The van der Waals surface area contributed by atoms with Gasteiger partial charge in [0.1, 0.15) is 0 Å². The summed E-state index contributed by atoms with van der Waals surface area (Å²) < 4.78 is 0. The molecule has 16 heavy (non-hydrogen) atoms. The highest BCUT2D eigenvalue weighted by atomic mass is 16.2. The minimum atomic E-state index is 0.398. The van der Waals surface area contributed by atoms with E-state index in [2.05, 4.69) is 20.8 Å². The first-order chi connectivity index (χ1) is 7.52. The third-order valence-corrected chi connectivity index (χ3v) is 6.34. The number of aliphatic hydroxyl groups excluding tert-OH is 1. The van der Waals surface area contributed by atoms with Crippen molar-refractivity contribution in [3.8, 4) is 0 Å². The highest BCUT2D eigenvalue weighted by molar-refractivity contribution is 5.28. The molecule has 1 heteroatoms. The van der Waals surface area contributed by atoms with E-state index in [0.29, 0.717) is 10.8 Å². The number of hydrogen-bond donors (Lipinski definition) is 1. The predicted octanol–water partition coefficient (Wildman–Crippen LogP) is 4.30. The van der Waals surface area contributed by atoms with Gasteiger partial charge in [-0.15, -0.1) is 0 Å². The molecular formula is C15H24O. The molecule has 90 valence electrons. The average Bonchev–Trinajstić information content (AvgIpc) is 2.68. The van der Waals surface area contributed by atoms with Crippen molar-refractivity contribution < 1.29 is 5.11 Å². The van der Waals surface area contributed by atoms with Gasteiger partial charge in [-0.3, -0.25) is 0 Å². The molecule has 3 aliphatic rings. The fourth-order valence-electron chi connectivity index (χ4n) is 5.57. The summed E-state index contributed by atoms with van der Waals surface area (Å²) in [5.41, 5.74) is 2.26. The first kappa shape index (κ1) is 10.7. The lowest BCUT2D eigenvalue weighted by molar-refractivity contribution is 0.140. The maximum absolute atomic E-state index is 9.49. The quantitative estimate of drug-likeness (QED) is 0.603. The molecule has 0 aliphatic heterocycles. The summed E-state index contributed by atoms with van der Waals surface area (Å²) in [5, 5.41) is 9.49. The summed E-state index contributed by atoms with van der Waals surface area (Å²) in [6.07, 6.45) is 7.94. The zero-order valence-electron chi connectivity index (χ0n) is 10.8. The van der Waals surface area contributed by atoms with E-state index < -0.39 is 0 Å². The third-order valence-electron chi connectivity index (χ3n) is 6.34. The predicted molar refractivity (Wildman–Crippen MR) is 66.2 cm³/mol. The summed E-state index contributed by atoms with van der Waals surface area (Å²) in [6, 6.07) is 0. The van der Waals surface area contributed by atoms with Crippen LogP contribution in [0.1, 0.15) is 52.9 Å². The van der Waals surface area contributed by atoms with Crippen LogP contribution in [0.25, 0.3) is 0 Å². The molecule has 3 saturated carbocycles. The van der Waals surface area contributed by atoms with Crippen molar-refractivity contribution >= 4 is 0 Å². The Hall–Kier alpha value is -0.460. The second kappa shape index (κ2) is 3.05. The molecule has 0 radical (unpaired) electrons.